The summed E-state index contributed by atoms with van der Waals surface area (Å²) in [5.74, 6) is 0. The van der Waals surface area contributed by atoms with Gasteiger partial charge in [0.15, 0.2) is 5.43 Å². The highest BCUT2D eigenvalue weighted by molar-refractivity contribution is 7.20. The van der Waals surface area contributed by atoms with E-state index in [2.05, 4.69) is 4.98 Å². The molecular formula is C12H7ClN2OS. The molecule has 0 radical (unpaired) electrons. The number of hydrogen-bond donors (Lipinski definition) is 0. The first-order valence-corrected chi connectivity index (χ1v) is 6.15. The summed E-state index contributed by atoms with van der Waals surface area (Å²) in [4.78, 5) is 15.9. The first-order chi connectivity index (χ1) is 8.24. The van der Waals surface area contributed by atoms with Gasteiger partial charge in [-0.15, -0.1) is 11.3 Å². The molecule has 0 fully saturated rings. The van der Waals surface area contributed by atoms with E-state index in [0.29, 0.717) is 10.4 Å². The van der Waals surface area contributed by atoms with E-state index in [1.807, 2.05) is 16.8 Å². The maximum atomic E-state index is 12.0. The van der Waals surface area contributed by atoms with Crippen LogP contribution in [0.3, 0.4) is 0 Å². The fourth-order valence-corrected chi connectivity index (χ4v) is 2.81. The Morgan fingerprint density at radius 2 is 2.18 bits per heavy atom. The molecule has 0 unspecified atom stereocenters. The minimum Gasteiger partial charge on any atom is -0.297 e. The molecule has 0 saturated heterocycles. The quantitative estimate of drug-likeness (QED) is 0.675. The molecule has 0 aliphatic carbocycles. The summed E-state index contributed by atoms with van der Waals surface area (Å²) in [6.45, 7) is 0. The molecule has 2 heterocycles. The van der Waals surface area contributed by atoms with Gasteiger partial charge >= 0.3 is 0 Å². The van der Waals surface area contributed by atoms with Crippen LogP contribution in [-0.4, -0.2) is 9.55 Å². The van der Waals surface area contributed by atoms with E-state index >= 15 is 0 Å². The maximum absolute atomic E-state index is 12.0. The molecule has 0 aliphatic rings. The summed E-state index contributed by atoms with van der Waals surface area (Å²) in [5.41, 5.74) is -0.0232. The van der Waals surface area contributed by atoms with Gasteiger partial charge in [-0.1, -0.05) is 11.6 Å². The van der Waals surface area contributed by atoms with Crippen LogP contribution in [0.2, 0.25) is 5.02 Å². The standard InChI is InChI=1S/C12H7ClN2OS/c13-8-1-2-11-9(5-8)10(16)6-12(17-11)15-4-3-14-7-15/h1-7H. The molecule has 0 saturated carbocycles. The highest BCUT2D eigenvalue weighted by Crippen LogP contribution is 2.24. The second kappa shape index (κ2) is 3.98. The molecule has 0 aliphatic heterocycles. The number of imidazole rings is 1. The van der Waals surface area contributed by atoms with Crippen molar-refractivity contribution in [3.8, 4) is 5.00 Å². The molecule has 2 aromatic heterocycles. The van der Waals surface area contributed by atoms with Crippen LogP contribution in [0.5, 0.6) is 0 Å². The summed E-state index contributed by atoms with van der Waals surface area (Å²) in [6.07, 6.45) is 5.17. The lowest BCUT2D eigenvalue weighted by Gasteiger charge is -2.02. The average Bonchev–Trinajstić information content (AvgIpc) is 2.83. The van der Waals surface area contributed by atoms with Gasteiger partial charge < -0.3 is 0 Å². The van der Waals surface area contributed by atoms with Crippen LogP contribution < -0.4 is 5.43 Å². The summed E-state index contributed by atoms with van der Waals surface area (Å²) in [5, 5.41) is 2.09. The number of fused-ring (bicyclic) bond motifs is 1. The predicted molar refractivity (Wildman–Crippen MR) is 70.2 cm³/mol. The Balaban J connectivity index is 2.32. The van der Waals surface area contributed by atoms with Crippen LogP contribution in [0.15, 0.2) is 47.8 Å². The monoisotopic (exact) mass is 262 g/mol. The van der Waals surface area contributed by atoms with Gasteiger partial charge in [0.05, 0.1) is 6.33 Å². The van der Waals surface area contributed by atoms with E-state index in [-0.39, 0.29) is 5.43 Å². The molecule has 3 aromatic rings. The third kappa shape index (κ3) is 1.85. The zero-order chi connectivity index (χ0) is 11.8. The highest BCUT2D eigenvalue weighted by Gasteiger charge is 2.04. The maximum Gasteiger partial charge on any atom is 0.190 e. The highest BCUT2D eigenvalue weighted by atomic mass is 35.5. The van der Waals surface area contributed by atoms with Crippen LogP contribution in [0.25, 0.3) is 15.1 Å². The van der Waals surface area contributed by atoms with Gasteiger partial charge in [0.1, 0.15) is 5.00 Å². The van der Waals surface area contributed by atoms with Crippen molar-refractivity contribution in [2.75, 3.05) is 0 Å². The van der Waals surface area contributed by atoms with Crippen molar-refractivity contribution in [1.82, 2.24) is 9.55 Å². The first-order valence-electron chi connectivity index (χ1n) is 4.96. The normalized spacial score (nSPS) is 10.9. The van der Waals surface area contributed by atoms with Crippen LogP contribution in [0.1, 0.15) is 0 Å². The minimum atomic E-state index is -0.0232. The number of benzene rings is 1. The number of hydrogen-bond acceptors (Lipinski definition) is 3. The molecule has 5 heteroatoms. The van der Waals surface area contributed by atoms with Gasteiger partial charge in [0.2, 0.25) is 0 Å². The summed E-state index contributed by atoms with van der Waals surface area (Å²) >= 11 is 7.41. The Morgan fingerprint density at radius 3 is 2.94 bits per heavy atom. The Kier molecular flexibility index (Phi) is 2.46. The van der Waals surface area contributed by atoms with Crippen LogP contribution >= 0.6 is 22.9 Å². The number of halogens is 1. The minimum absolute atomic E-state index is 0.0232. The van der Waals surface area contributed by atoms with Crippen LogP contribution in [0, 0.1) is 0 Å². The second-order valence-electron chi connectivity index (χ2n) is 3.56. The molecule has 0 N–H and O–H groups in total. The second-order valence-corrected chi connectivity index (χ2v) is 5.06. The zero-order valence-electron chi connectivity index (χ0n) is 8.63. The lowest BCUT2D eigenvalue weighted by molar-refractivity contribution is 1.08. The Morgan fingerprint density at radius 1 is 1.29 bits per heavy atom. The van der Waals surface area contributed by atoms with Gasteiger partial charge in [-0.2, -0.15) is 0 Å². The Hall–Kier alpha value is -1.65. The third-order valence-corrected chi connectivity index (χ3v) is 3.78. The molecule has 0 spiro atoms. The van der Waals surface area contributed by atoms with Crippen LogP contribution in [0.4, 0.5) is 0 Å². The molecule has 17 heavy (non-hydrogen) atoms. The number of aromatic nitrogens is 2. The fraction of sp³-hybridized carbons (Fsp3) is 0. The van der Waals surface area contributed by atoms with Gasteiger partial charge in [0.25, 0.3) is 0 Å². The third-order valence-electron chi connectivity index (χ3n) is 2.44. The largest absolute Gasteiger partial charge is 0.297 e. The van der Waals surface area contributed by atoms with E-state index in [1.165, 1.54) is 11.3 Å². The Labute approximate surface area is 106 Å². The predicted octanol–water partition coefficient (Wildman–Crippen LogP) is 3.10. The molecule has 0 bridgehead atoms. The van der Waals surface area contributed by atoms with Gasteiger partial charge in [-0.05, 0) is 18.2 Å². The lowest BCUT2D eigenvalue weighted by Crippen LogP contribution is -2.01. The van der Waals surface area contributed by atoms with E-state index in [1.54, 1.807) is 30.7 Å². The number of nitrogens with zero attached hydrogens (tertiary/aromatic N) is 2. The van der Waals surface area contributed by atoms with E-state index < -0.39 is 0 Å². The van der Waals surface area contributed by atoms with Crippen molar-refractivity contribution in [3.05, 3.63) is 58.2 Å². The van der Waals surface area contributed by atoms with Gasteiger partial charge in [-0.3, -0.25) is 9.36 Å². The van der Waals surface area contributed by atoms with Crippen molar-refractivity contribution >= 4 is 33.0 Å². The molecule has 84 valence electrons. The van der Waals surface area contributed by atoms with Crippen molar-refractivity contribution in [3.63, 3.8) is 0 Å². The SMILES string of the molecule is O=c1cc(-n2ccnc2)sc2ccc(Cl)cc12. The van der Waals surface area contributed by atoms with Crippen molar-refractivity contribution in [1.29, 1.82) is 0 Å². The molecule has 0 atom stereocenters. The van der Waals surface area contributed by atoms with Crippen molar-refractivity contribution in [2.24, 2.45) is 0 Å². The molecule has 3 rings (SSSR count). The van der Waals surface area contributed by atoms with Crippen molar-refractivity contribution in [2.45, 2.75) is 0 Å². The smallest absolute Gasteiger partial charge is 0.190 e. The summed E-state index contributed by atoms with van der Waals surface area (Å²) in [7, 11) is 0. The van der Waals surface area contributed by atoms with Gasteiger partial charge in [-0.25, -0.2) is 4.98 Å². The average molecular weight is 263 g/mol. The summed E-state index contributed by atoms with van der Waals surface area (Å²) < 4.78 is 2.74. The van der Waals surface area contributed by atoms with E-state index in [0.717, 1.165) is 9.70 Å². The molecular weight excluding hydrogens is 256 g/mol. The topological polar surface area (TPSA) is 34.9 Å². The molecule has 0 amide bonds. The van der Waals surface area contributed by atoms with E-state index in [9.17, 15) is 4.79 Å². The number of rotatable bonds is 1. The molecule has 3 nitrogen and oxygen atoms in total. The lowest BCUT2D eigenvalue weighted by atomic mass is 10.2. The summed E-state index contributed by atoms with van der Waals surface area (Å²) in [6, 6.07) is 6.96. The van der Waals surface area contributed by atoms with E-state index in [4.69, 9.17) is 11.6 Å². The Bertz CT molecular complexity index is 734. The molecule has 1 aromatic carbocycles. The van der Waals surface area contributed by atoms with Crippen molar-refractivity contribution < 1.29 is 0 Å². The first kappa shape index (κ1) is 10.5. The zero-order valence-corrected chi connectivity index (χ0v) is 10.2. The van der Waals surface area contributed by atoms with Gasteiger partial charge in [0, 0.05) is 33.6 Å². The fourth-order valence-electron chi connectivity index (χ4n) is 1.63. The van der Waals surface area contributed by atoms with Crippen LogP contribution in [-0.2, 0) is 0 Å².